The Morgan fingerprint density at radius 3 is 2.71 bits per heavy atom. The predicted molar refractivity (Wildman–Crippen MR) is 50.4 cm³/mol. The molecule has 0 saturated heterocycles. The van der Waals surface area contributed by atoms with Crippen LogP contribution in [0.15, 0.2) is 30.3 Å². The van der Waals surface area contributed by atoms with Crippen molar-refractivity contribution in [2.45, 2.75) is 6.10 Å². The maximum atomic E-state index is 11.3. The fraction of sp³-hybridized carbons (Fsp3) is 0.200. The summed E-state index contributed by atoms with van der Waals surface area (Å²) in [5, 5.41) is 19.6. The topological polar surface area (TPSA) is 73.1 Å². The minimum Gasteiger partial charge on any atom is -0.376 e. The lowest BCUT2D eigenvalue weighted by atomic mass is 10.2. The van der Waals surface area contributed by atoms with Crippen molar-refractivity contribution in [3.63, 3.8) is 0 Å². The molecule has 72 valence electrons. The molecule has 0 saturated carbocycles. The standard InChI is InChI=1S/C10H10N2O2/c11-6-9(13)7-12-10(14)8-4-2-1-3-5-8/h1-5,9,13H,7H2,(H,12,14). The van der Waals surface area contributed by atoms with Gasteiger partial charge in [0.25, 0.3) is 5.91 Å². The van der Waals surface area contributed by atoms with Crippen molar-refractivity contribution in [3.8, 4) is 6.07 Å². The summed E-state index contributed by atoms with van der Waals surface area (Å²) in [5.41, 5.74) is 0.512. The molecule has 0 spiro atoms. The number of aliphatic hydroxyl groups is 1. The lowest BCUT2D eigenvalue weighted by Crippen LogP contribution is -2.31. The Bertz CT molecular complexity index is 343. The molecular weight excluding hydrogens is 180 g/mol. The Kier molecular flexibility index (Phi) is 3.65. The number of hydrogen-bond acceptors (Lipinski definition) is 3. The van der Waals surface area contributed by atoms with E-state index in [0.29, 0.717) is 5.56 Å². The molecule has 1 atom stereocenters. The zero-order chi connectivity index (χ0) is 10.4. The number of hydrogen-bond donors (Lipinski definition) is 2. The van der Waals surface area contributed by atoms with Gasteiger partial charge in [-0.25, -0.2) is 0 Å². The monoisotopic (exact) mass is 190 g/mol. The van der Waals surface area contributed by atoms with E-state index >= 15 is 0 Å². The van der Waals surface area contributed by atoms with Crippen molar-refractivity contribution in [2.75, 3.05) is 6.54 Å². The lowest BCUT2D eigenvalue weighted by Gasteiger charge is -2.04. The molecular formula is C10H10N2O2. The lowest BCUT2D eigenvalue weighted by molar-refractivity contribution is 0.0934. The fourth-order valence-electron chi connectivity index (χ4n) is 0.927. The zero-order valence-corrected chi connectivity index (χ0v) is 7.47. The highest BCUT2D eigenvalue weighted by atomic mass is 16.3. The van der Waals surface area contributed by atoms with Gasteiger partial charge in [-0.1, -0.05) is 18.2 Å². The van der Waals surface area contributed by atoms with E-state index in [1.807, 2.05) is 0 Å². The maximum absolute atomic E-state index is 11.3. The van der Waals surface area contributed by atoms with Gasteiger partial charge in [0.2, 0.25) is 0 Å². The molecule has 1 rings (SSSR count). The Hall–Kier alpha value is -1.86. The molecule has 0 aliphatic rings. The highest BCUT2D eigenvalue weighted by Crippen LogP contribution is 1.97. The summed E-state index contributed by atoms with van der Waals surface area (Å²) in [7, 11) is 0. The second-order valence-corrected chi connectivity index (χ2v) is 2.72. The van der Waals surface area contributed by atoms with Crippen LogP contribution in [0.3, 0.4) is 0 Å². The third-order valence-corrected chi connectivity index (χ3v) is 1.64. The second-order valence-electron chi connectivity index (χ2n) is 2.72. The van der Waals surface area contributed by atoms with Gasteiger partial charge in [0.15, 0.2) is 6.10 Å². The Morgan fingerprint density at radius 1 is 1.50 bits per heavy atom. The number of nitrogens with one attached hydrogen (secondary N) is 1. The molecule has 4 nitrogen and oxygen atoms in total. The number of nitriles is 1. The van der Waals surface area contributed by atoms with Gasteiger partial charge in [-0.05, 0) is 12.1 Å². The van der Waals surface area contributed by atoms with Crippen LogP contribution in [0.2, 0.25) is 0 Å². The quantitative estimate of drug-likeness (QED) is 0.673. The minimum absolute atomic E-state index is 0.0514. The van der Waals surface area contributed by atoms with Crippen molar-refractivity contribution in [1.82, 2.24) is 5.32 Å². The van der Waals surface area contributed by atoms with Crippen molar-refractivity contribution in [3.05, 3.63) is 35.9 Å². The van der Waals surface area contributed by atoms with Gasteiger partial charge in [0.05, 0.1) is 12.6 Å². The van der Waals surface area contributed by atoms with Crippen LogP contribution < -0.4 is 5.32 Å². The third-order valence-electron chi connectivity index (χ3n) is 1.64. The summed E-state index contributed by atoms with van der Waals surface area (Å²) in [6.07, 6.45) is -1.15. The SMILES string of the molecule is N#CC(O)CNC(=O)c1ccccc1. The summed E-state index contributed by atoms with van der Waals surface area (Å²) >= 11 is 0. The molecule has 0 heterocycles. The van der Waals surface area contributed by atoms with Gasteiger partial charge in [-0.3, -0.25) is 4.79 Å². The summed E-state index contributed by atoms with van der Waals surface area (Å²) in [6.45, 7) is -0.0514. The largest absolute Gasteiger partial charge is 0.376 e. The average molecular weight is 190 g/mol. The molecule has 0 aliphatic heterocycles. The normalized spacial score (nSPS) is 11.4. The van der Waals surface area contributed by atoms with Crippen molar-refractivity contribution < 1.29 is 9.90 Å². The zero-order valence-electron chi connectivity index (χ0n) is 7.47. The van der Waals surface area contributed by atoms with E-state index in [1.54, 1.807) is 36.4 Å². The summed E-state index contributed by atoms with van der Waals surface area (Å²) in [5.74, 6) is -0.292. The van der Waals surface area contributed by atoms with E-state index in [-0.39, 0.29) is 12.5 Å². The first kappa shape index (κ1) is 10.2. The number of nitrogens with zero attached hydrogens (tertiary/aromatic N) is 1. The minimum atomic E-state index is -1.15. The molecule has 1 amide bonds. The van der Waals surface area contributed by atoms with Crippen molar-refractivity contribution in [1.29, 1.82) is 5.26 Å². The van der Waals surface area contributed by atoms with Gasteiger partial charge < -0.3 is 10.4 Å². The van der Waals surface area contributed by atoms with Crippen molar-refractivity contribution >= 4 is 5.91 Å². The third kappa shape index (κ3) is 2.88. The number of carbonyl (C=O) groups excluding carboxylic acids is 1. The van der Waals surface area contributed by atoms with Crippen LogP contribution in [0.5, 0.6) is 0 Å². The Balaban J connectivity index is 2.49. The Morgan fingerprint density at radius 2 is 2.14 bits per heavy atom. The molecule has 1 unspecified atom stereocenters. The van der Waals surface area contributed by atoms with E-state index in [1.165, 1.54) is 0 Å². The first-order chi connectivity index (χ1) is 6.74. The van der Waals surface area contributed by atoms with Crippen LogP contribution in [0.25, 0.3) is 0 Å². The van der Waals surface area contributed by atoms with E-state index in [9.17, 15) is 4.79 Å². The highest BCUT2D eigenvalue weighted by Gasteiger charge is 2.06. The van der Waals surface area contributed by atoms with Crippen LogP contribution in [0.1, 0.15) is 10.4 Å². The van der Waals surface area contributed by atoms with Crippen LogP contribution in [0, 0.1) is 11.3 Å². The fourth-order valence-corrected chi connectivity index (χ4v) is 0.927. The van der Waals surface area contributed by atoms with Gasteiger partial charge in [-0.2, -0.15) is 5.26 Å². The molecule has 0 aromatic heterocycles. The van der Waals surface area contributed by atoms with Gasteiger partial charge in [0, 0.05) is 5.56 Å². The van der Waals surface area contributed by atoms with Gasteiger partial charge in [-0.15, -0.1) is 0 Å². The molecule has 0 fully saturated rings. The molecule has 1 aromatic rings. The Labute approximate surface area is 81.8 Å². The smallest absolute Gasteiger partial charge is 0.251 e. The average Bonchev–Trinajstić information content (AvgIpc) is 2.26. The number of rotatable bonds is 3. The maximum Gasteiger partial charge on any atom is 0.251 e. The number of carbonyl (C=O) groups is 1. The molecule has 2 N–H and O–H groups in total. The molecule has 14 heavy (non-hydrogen) atoms. The summed E-state index contributed by atoms with van der Waals surface area (Å²) < 4.78 is 0. The number of benzene rings is 1. The van der Waals surface area contributed by atoms with E-state index in [2.05, 4.69) is 5.32 Å². The first-order valence-electron chi connectivity index (χ1n) is 4.15. The van der Waals surface area contributed by atoms with Crippen molar-refractivity contribution in [2.24, 2.45) is 0 Å². The van der Waals surface area contributed by atoms with Gasteiger partial charge >= 0.3 is 0 Å². The van der Waals surface area contributed by atoms with Crippen LogP contribution in [-0.2, 0) is 0 Å². The molecule has 0 bridgehead atoms. The molecule has 0 radical (unpaired) electrons. The number of aliphatic hydroxyl groups excluding tert-OH is 1. The highest BCUT2D eigenvalue weighted by molar-refractivity contribution is 5.94. The van der Waals surface area contributed by atoms with Crippen LogP contribution >= 0.6 is 0 Å². The van der Waals surface area contributed by atoms with Gasteiger partial charge in [0.1, 0.15) is 0 Å². The number of amides is 1. The molecule has 0 aliphatic carbocycles. The summed E-state index contributed by atoms with van der Waals surface area (Å²) in [6, 6.07) is 10.2. The van der Waals surface area contributed by atoms with Crippen LogP contribution in [0.4, 0.5) is 0 Å². The molecule has 1 aromatic carbocycles. The van der Waals surface area contributed by atoms with E-state index in [0.717, 1.165) is 0 Å². The molecule has 4 heteroatoms. The van der Waals surface area contributed by atoms with E-state index in [4.69, 9.17) is 10.4 Å². The first-order valence-corrected chi connectivity index (χ1v) is 4.15. The summed E-state index contributed by atoms with van der Waals surface area (Å²) in [4.78, 5) is 11.3. The second kappa shape index (κ2) is 5.00. The predicted octanol–water partition coefficient (Wildman–Crippen LogP) is 0.301. The van der Waals surface area contributed by atoms with E-state index < -0.39 is 6.10 Å². The van der Waals surface area contributed by atoms with Crippen LogP contribution in [-0.4, -0.2) is 23.7 Å².